The number of benzene rings is 1. The molecule has 0 saturated heterocycles. The first-order valence-corrected chi connectivity index (χ1v) is 5.28. The zero-order chi connectivity index (χ0) is 13.8. The Bertz CT molecular complexity index is 440. The van der Waals surface area contributed by atoms with Crippen LogP contribution in [0.4, 0.5) is 17.6 Å². The zero-order valence-corrected chi connectivity index (χ0v) is 9.68. The first-order chi connectivity index (χ1) is 8.40. The van der Waals surface area contributed by atoms with Gasteiger partial charge >= 0.3 is 6.18 Å². The molecule has 0 amide bonds. The molecule has 3 N–H and O–H groups in total. The Hall–Kier alpha value is -1.63. The van der Waals surface area contributed by atoms with Crippen LogP contribution in [-0.4, -0.2) is 12.4 Å². The van der Waals surface area contributed by atoms with Gasteiger partial charge in [-0.1, -0.05) is 6.92 Å². The number of rotatable bonds is 3. The Kier molecular flexibility index (Phi) is 4.66. The second-order valence-corrected chi connectivity index (χ2v) is 3.57. The average molecular weight is 263 g/mol. The van der Waals surface area contributed by atoms with E-state index in [0.717, 1.165) is 12.5 Å². The second kappa shape index (κ2) is 5.81. The zero-order valence-electron chi connectivity index (χ0n) is 9.68. The van der Waals surface area contributed by atoms with Gasteiger partial charge in [0.15, 0.2) is 0 Å². The lowest BCUT2D eigenvalue weighted by Gasteiger charge is -2.11. The van der Waals surface area contributed by atoms with Crippen LogP contribution in [0.2, 0.25) is 0 Å². The molecule has 0 radical (unpaired) electrons. The molecule has 0 heterocycles. The number of alkyl halides is 3. The second-order valence-electron chi connectivity index (χ2n) is 3.57. The van der Waals surface area contributed by atoms with Crippen molar-refractivity contribution in [2.24, 2.45) is 10.8 Å². The molecule has 1 rings (SSSR count). The summed E-state index contributed by atoms with van der Waals surface area (Å²) in [6, 6.07) is 2.62. The molecule has 100 valence electrons. The third-order valence-electron chi connectivity index (χ3n) is 2.18. The van der Waals surface area contributed by atoms with E-state index in [1.165, 1.54) is 6.07 Å². The minimum absolute atomic E-state index is 0.0969. The number of hydrogen-bond donors (Lipinski definition) is 2. The molecule has 0 bridgehead atoms. The topological polar surface area (TPSA) is 50.4 Å². The number of halogens is 4. The normalized spacial score (nSPS) is 12.7. The summed E-state index contributed by atoms with van der Waals surface area (Å²) in [5.74, 6) is 3.97. The summed E-state index contributed by atoms with van der Waals surface area (Å²) in [5, 5.41) is 0. The van der Waals surface area contributed by atoms with Crippen LogP contribution in [0.25, 0.3) is 0 Å². The SMILES string of the molecule is CCCN=C(NN)c1ccc(F)c(C(F)(F)F)c1. The van der Waals surface area contributed by atoms with Gasteiger partial charge in [0.05, 0.1) is 5.56 Å². The van der Waals surface area contributed by atoms with Crippen LogP contribution in [0.15, 0.2) is 23.2 Å². The molecule has 0 fully saturated rings. The summed E-state index contributed by atoms with van der Waals surface area (Å²) in [6.07, 6.45) is -4.02. The Labute approximate surface area is 102 Å². The highest BCUT2D eigenvalue weighted by Gasteiger charge is 2.34. The monoisotopic (exact) mass is 263 g/mol. The van der Waals surface area contributed by atoms with Gasteiger partial charge in [0.25, 0.3) is 0 Å². The highest BCUT2D eigenvalue weighted by Crippen LogP contribution is 2.31. The summed E-state index contributed by atoms with van der Waals surface area (Å²) in [6.45, 7) is 2.28. The summed E-state index contributed by atoms with van der Waals surface area (Å²) >= 11 is 0. The van der Waals surface area contributed by atoms with Crippen LogP contribution in [0.3, 0.4) is 0 Å². The third kappa shape index (κ3) is 3.43. The Morgan fingerprint density at radius 3 is 2.56 bits per heavy atom. The molecule has 7 heteroatoms. The van der Waals surface area contributed by atoms with Gasteiger partial charge in [-0.3, -0.25) is 4.99 Å². The molecule has 0 atom stereocenters. The van der Waals surface area contributed by atoms with Crippen molar-refractivity contribution in [1.29, 1.82) is 0 Å². The Morgan fingerprint density at radius 1 is 1.39 bits per heavy atom. The van der Waals surface area contributed by atoms with Gasteiger partial charge in [0.1, 0.15) is 11.7 Å². The standard InChI is InChI=1S/C11H13F4N3/c1-2-5-17-10(18-16)7-3-4-9(12)8(6-7)11(13,14)15/h3-4,6H,2,5,16H2,1H3,(H,17,18). The first kappa shape index (κ1) is 14.4. The quantitative estimate of drug-likeness (QED) is 0.289. The van der Waals surface area contributed by atoms with Gasteiger partial charge in [0.2, 0.25) is 0 Å². The molecule has 0 aliphatic carbocycles. The molecule has 0 spiro atoms. The molecule has 0 aromatic heterocycles. The molecule has 1 aromatic rings. The van der Waals surface area contributed by atoms with Crippen LogP contribution in [0, 0.1) is 5.82 Å². The fraction of sp³-hybridized carbons (Fsp3) is 0.364. The fourth-order valence-corrected chi connectivity index (χ4v) is 1.33. The van der Waals surface area contributed by atoms with Crippen molar-refractivity contribution < 1.29 is 17.6 Å². The number of amidine groups is 1. The van der Waals surface area contributed by atoms with Crippen LogP contribution in [0.1, 0.15) is 24.5 Å². The molecular formula is C11H13F4N3. The lowest BCUT2D eigenvalue weighted by molar-refractivity contribution is -0.140. The van der Waals surface area contributed by atoms with Crippen molar-refractivity contribution >= 4 is 5.84 Å². The number of nitrogens with zero attached hydrogens (tertiary/aromatic N) is 1. The van der Waals surface area contributed by atoms with Crippen LogP contribution in [0.5, 0.6) is 0 Å². The van der Waals surface area contributed by atoms with Gasteiger partial charge in [0, 0.05) is 12.1 Å². The molecule has 18 heavy (non-hydrogen) atoms. The Balaban J connectivity index is 3.19. The number of hydrogen-bond acceptors (Lipinski definition) is 2. The summed E-state index contributed by atoms with van der Waals surface area (Å²) < 4.78 is 50.6. The smallest absolute Gasteiger partial charge is 0.308 e. The van der Waals surface area contributed by atoms with Crippen molar-refractivity contribution in [3.05, 3.63) is 35.1 Å². The lowest BCUT2D eigenvalue weighted by atomic mass is 10.1. The predicted octanol–water partition coefficient (Wildman–Crippen LogP) is 2.46. The molecule has 3 nitrogen and oxygen atoms in total. The van der Waals surface area contributed by atoms with Crippen molar-refractivity contribution in [3.8, 4) is 0 Å². The third-order valence-corrected chi connectivity index (χ3v) is 2.18. The van der Waals surface area contributed by atoms with Crippen molar-refractivity contribution in [2.75, 3.05) is 6.54 Å². The van der Waals surface area contributed by atoms with E-state index in [1.807, 2.05) is 6.92 Å². The van der Waals surface area contributed by atoms with Crippen LogP contribution >= 0.6 is 0 Å². The van der Waals surface area contributed by atoms with Gasteiger partial charge in [-0.2, -0.15) is 13.2 Å². The number of nitrogens with two attached hydrogens (primary N) is 1. The van der Waals surface area contributed by atoms with E-state index >= 15 is 0 Å². The first-order valence-electron chi connectivity index (χ1n) is 5.28. The number of aliphatic imine (C=N–C) groups is 1. The lowest BCUT2D eigenvalue weighted by Crippen LogP contribution is -2.31. The van der Waals surface area contributed by atoms with Crippen LogP contribution in [-0.2, 0) is 6.18 Å². The molecule has 0 aliphatic rings. The summed E-state index contributed by atoms with van der Waals surface area (Å²) in [7, 11) is 0. The van der Waals surface area contributed by atoms with E-state index in [1.54, 1.807) is 0 Å². The minimum Gasteiger partial charge on any atom is -0.308 e. The average Bonchev–Trinajstić information content (AvgIpc) is 2.30. The molecular weight excluding hydrogens is 250 g/mol. The minimum atomic E-state index is -4.75. The maximum absolute atomic E-state index is 13.1. The van der Waals surface area contributed by atoms with Crippen molar-refractivity contribution in [3.63, 3.8) is 0 Å². The van der Waals surface area contributed by atoms with Gasteiger partial charge in [-0.05, 0) is 24.6 Å². The number of nitrogens with one attached hydrogen (secondary N) is 1. The largest absolute Gasteiger partial charge is 0.419 e. The van der Waals surface area contributed by atoms with E-state index in [0.29, 0.717) is 12.6 Å². The molecule has 0 aliphatic heterocycles. The maximum atomic E-state index is 13.1. The van der Waals surface area contributed by atoms with Gasteiger partial charge in [-0.25, -0.2) is 10.2 Å². The van der Waals surface area contributed by atoms with E-state index in [4.69, 9.17) is 5.84 Å². The van der Waals surface area contributed by atoms with Gasteiger partial charge in [-0.15, -0.1) is 0 Å². The van der Waals surface area contributed by atoms with E-state index in [9.17, 15) is 17.6 Å². The summed E-state index contributed by atoms with van der Waals surface area (Å²) in [4.78, 5) is 3.97. The predicted molar refractivity (Wildman–Crippen MR) is 60.4 cm³/mol. The van der Waals surface area contributed by atoms with Crippen LogP contribution < -0.4 is 11.3 Å². The number of hydrazine groups is 1. The molecule has 0 saturated carbocycles. The fourth-order valence-electron chi connectivity index (χ4n) is 1.33. The summed E-state index contributed by atoms with van der Waals surface area (Å²) in [5.41, 5.74) is 0.975. The highest BCUT2D eigenvalue weighted by molar-refractivity contribution is 5.98. The molecule has 1 aromatic carbocycles. The van der Waals surface area contributed by atoms with E-state index in [-0.39, 0.29) is 11.4 Å². The van der Waals surface area contributed by atoms with Gasteiger partial charge < -0.3 is 5.43 Å². The van der Waals surface area contributed by atoms with Crippen molar-refractivity contribution in [2.45, 2.75) is 19.5 Å². The maximum Gasteiger partial charge on any atom is 0.419 e. The molecule has 0 unspecified atom stereocenters. The van der Waals surface area contributed by atoms with E-state index < -0.39 is 17.6 Å². The highest BCUT2D eigenvalue weighted by atomic mass is 19.4. The van der Waals surface area contributed by atoms with E-state index in [2.05, 4.69) is 10.4 Å². The van der Waals surface area contributed by atoms with Crippen molar-refractivity contribution in [1.82, 2.24) is 5.43 Å². The Morgan fingerprint density at radius 2 is 2.06 bits per heavy atom.